The van der Waals surface area contributed by atoms with E-state index in [0.29, 0.717) is 12.8 Å². The van der Waals surface area contributed by atoms with Crippen molar-refractivity contribution in [2.45, 2.75) is 236 Å². The van der Waals surface area contributed by atoms with Crippen molar-refractivity contribution in [2.24, 2.45) is 0 Å². The average molecular weight is 902 g/mol. The van der Waals surface area contributed by atoms with Crippen LogP contribution in [0.2, 0.25) is 0 Å². The van der Waals surface area contributed by atoms with E-state index in [1.54, 1.807) is 12.2 Å². The van der Waals surface area contributed by atoms with Crippen molar-refractivity contribution in [2.75, 3.05) is 13.2 Å². The molecule has 0 aromatic rings. The largest absolute Gasteiger partial charge is 0.397 e. The Hall–Kier alpha value is -1.98. The molecular weight excluding hydrogens is 815 g/mol. The fourth-order valence-electron chi connectivity index (χ4n) is 7.34. The van der Waals surface area contributed by atoms with E-state index in [9.17, 15) is 43.3 Å². The lowest BCUT2D eigenvalue weighted by atomic mass is 9.99. The fraction of sp³-hybridized carbons (Fsp3) is 0.812. The van der Waals surface area contributed by atoms with Crippen molar-refractivity contribution < 1.29 is 57.0 Å². The first-order valence-electron chi connectivity index (χ1n) is 24.1. The van der Waals surface area contributed by atoms with Gasteiger partial charge < -0.3 is 40.3 Å². The summed E-state index contributed by atoms with van der Waals surface area (Å²) in [5.41, 5.74) is 0. The molecule has 13 nitrogen and oxygen atoms in total. The predicted octanol–water partition coefficient (Wildman–Crippen LogP) is 8.63. The molecular formula is C48H87NO12S. The van der Waals surface area contributed by atoms with Gasteiger partial charge in [0, 0.05) is 6.42 Å². The first-order chi connectivity index (χ1) is 29.9. The van der Waals surface area contributed by atoms with Crippen molar-refractivity contribution in [1.82, 2.24) is 5.32 Å². The van der Waals surface area contributed by atoms with Crippen LogP contribution < -0.4 is 5.32 Å². The van der Waals surface area contributed by atoms with Crippen molar-refractivity contribution in [3.8, 4) is 0 Å². The number of hydrogen-bond donors (Lipinski definition) is 7. The molecule has 0 spiro atoms. The standard InChI is InChI=1S/C48H87NO12S/c1-3-5-7-9-11-13-15-17-18-19-20-21-22-23-24-25-27-28-30-32-34-36-41(51)40(39-59-48-45(54)46(61-62(56,57)58)44(53)43(38-50)60-48)49-47(55)42(52)37-35-33-31-29-26-16-14-12-10-8-6-4-2/h26-29,33-36,40-46,48,50-54H,3-25,30-32,37-39H2,1-2H3,(H,49,55)(H,56,57,58)/b28-27+,29-26-,35-33-,36-34+. The highest BCUT2D eigenvalue weighted by Gasteiger charge is 2.48. The lowest BCUT2D eigenvalue weighted by Crippen LogP contribution is -2.61. The van der Waals surface area contributed by atoms with Gasteiger partial charge >= 0.3 is 10.4 Å². The summed E-state index contributed by atoms with van der Waals surface area (Å²) < 4.78 is 47.5. The molecule has 1 aliphatic heterocycles. The summed E-state index contributed by atoms with van der Waals surface area (Å²) in [6.45, 7) is 3.15. The second-order valence-corrected chi connectivity index (χ2v) is 17.9. The number of rotatable bonds is 40. The van der Waals surface area contributed by atoms with Crippen LogP contribution in [0, 0.1) is 0 Å². The van der Waals surface area contributed by atoms with Gasteiger partial charge in [0.25, 0.3) is 0 Å². The molecule has 8 atom stereocenters. The molecule has 1 fully saturated rings. The Morgan fingerprint density at radius 2 is 1.13 bits per heavy atom. The molecule has 1 aliphatic rings. The molecule has 362 valence electrons. The van der Waals surface area contributed by atoms with Crippen molar-refractivity contribution in [3.05, 3.63) is 48.6 Å². The Bertz CT molecular complexity index is 1310. The van der Waals surface area contributed by atoms with Gasteiger partial charge in [-0.25, -0.2) is 4.18 Å². The number of amides is 1. The predicted molar refractivity (Wildman–Crippen MR) is 247 cm³/mol. The van der Waals surface area contributed by atoms with Gasteiger partial charge in [0.15, 0.2) is 6.29 Å². The Morgan fingerprint density at radius 3 is 1.65 bits per heavy atom. The zero-order valence-corrected chi connectivity index (χ0v) is 39.1. The van der Waals surface area contributed by atoms with Gasteiger partial charge in [0.1, 0.15) is 30.5 Å². The van der Waals surface area contributed by atoms with Gasteiger partial charge in [-0.2, -0.15) is 8.42 Å². The molecule has 7 N–H and O–H groups in total. The van der Waals surface area contributed by atoms with Gasteiger partial charge in [-0.3, -0.25) is 9.35 Å². The fourth-order valence-corrected chi connectivity index (χ4v) is 7.85. The van der Waals surface area contributed by atoms with Crippen LogP contribution in [0.15, 0.2) is 48.6 Å². The van der Waals surface area contributed by atoms with Crippen LogP contribution >= 0.6 is 0 Å². The molecule has 0 bridgehead atoms. The summed E-state index contributed by atoms with van der Waals surface area (Å²) in [7, 11) is -5.13. The number of hydrogen-bond acceptors (Lipinski definition) is 11. The first kappa shape index (κ1) is 58.0. The Kier molecular flexibility index (Phi) is 35.9. The van der Waals surface area contributed by atoms with Crippen LogP contribution in [0.3, 0.4) is 0 Å². The maximum Gasteiger partial charge on any atom is 0.397 e. The second kappa shape index (κ2) is 38.3. The smallest absolute Gasteiger partial charge is 0.394 e. The Balaban J connectivity index is 2.60. The average Bonchev–Trinajstić information content (AvgIpc) is 3.24. The van der Waals surface area contributed by atoms with Gasteiger partial charge in [0.2, 0.25) is 5.91 Å². The minimum absolute atomic E-state index is 0.0253. The number of allylic oxidation sites excluding steroid dienone is 6. The summed E-state index contributed by atoms with van der Waals surface area (Å²) in [6, 6.07) is -1.17. The lowest BCUT2D eigenvalue weighted by molar-refractivity contribution is -0.298. The summed E-state index contributed by atoms with van der Waals surface area (Å²) in [4.78, 5) is 13.1. The highest BCUT2D eigenvalue weighted by Crippen LogP contribution is 2.26. The zero-order valence-electron chi connectivity index (χ0n) is 38.3. The number of carbonyl (C=O) groups is 1. The number of unbranched alkanes of at least 4 members (excludes halogenated alkanes) is 22. The van der Waals surface area contributed by atoms with E-state index in [-0.39, 0.29) is 6.42 Å². The topological polar surface area (TPSA) is 212 Å². The minimum Gasteiger partial charge on any atom is -0.394 e. The van der Waals surface area contributed by atoms with Crippen LogP contribution in [-0.4, -0.2) is 107 Å². The molecule has 62 heavy (non-hydrogen) atoms. The summed E-state index contributed by atoms with van der Waals surface area (Å²) in [5.74, 6) is -0.780. The van der Waals surface area contributed by atoms with E-state index in [4.69, 9.17) is 9.47 Å². The van der Waals surface area contributed by atoms with E-state index in [1.165, 1.54) is 128 Å². The third-order valence-electron chi connectivity index (χ3n) is 11.2. The van der Waals surface area contributed by atoms with Gasteiger partial charge in [-0.15, -0.1) is 0 Å². The minimum atomic E-state index is -5.13. The number of ether oxygens (including phenoxy) is 2. The molecule has 1 rings (SSSR count). The molecule has 0 saturated carbocycles. The Labute approximate surface area is 375 Å². The van der Waals surface area contributed by atoms with Crippen LogP contribution in [0.4, 0.5) is 0 Å². The van der Waals surface area contributed by atoms with Crippen LogP contribution in [-0.2, 0) is 28.9 Å². The van der Waals surface area contributed by atoms with E-state index < -0.39 is 78.5 Å². The summed E-state index contributed by atoms with van der Waals surface area (Å²) in [5, 5.41) is 55.0. The van der Waals surface area contributed by atoms with Crippen LogP contribution in [0.25, 0.3) is 0 Å². The van der Waals surface area contributed by atoms with Crippen molar-refractivity contribution in [3.63, 3.8) is 0 Å². The van der Waals surface area contributed by atoms with E-state index in [1.807, 2.05) is 6.08 Å². The SMILES string of the molecule is CCCCCCCC/C=C\C/C=C\CC(O)C(=O)NC(COC1OC(CO)C(O)C(OS(=O)(=O)O)C1O)C(O)/C=C/CC/C=C/CCCCCCCCCCCCCCCCC. The highest BCUT2D eigenvalue weighted by molar-refractivity contribution is 7.80. The molecule has 0 radical (unpaired) electrons. The highest BCUT2D eigenvalue weighted by atomic mass is 32.3. The summed E-state index contributed by atoms with van der Waals surface area (Å²) in [6.07, 6.45) is 35.1. The van der Waals surface area contributed by atoms with E-state index >= 15 is 0 Å². The molecule has 14 heteroatoms. The Morgan fingerprint density at radius 1 is 0.661 bits per heavy atom. The van der Waals surface area contributed by atoms with Crippen LogP contribution in [0.1, 0.15) is 187 Å². The van der Waals surface area contributed by atoms with Gasteiger partial charge in [-0.1, -0.05) is 184 Å². The quantitative estimate of drug-likeness (QED) is 0.0175. The maximum atomic E-state index is 13.1. The molecule has 0 aliphatic carbocycles. The molecule has 8 unspecified atom stereocenters. The lowest BCUT2D eigenvalue weighted by Gasteiger charge is -2.41. The number of aliphatic hydroxyl groups is 5. The third kappa shape index (κ3) is 30.2. The molecule has 0 aromatic carbocycles. The normalized spacial score (nSPS) is 21.5. The number of nitrogens with one attached hydrogen (secondary N) is 1. The van der Waals surface area contributed by atoms with E-state index in [2.05, 4.69) is 47.7 Å². The molecule has 1 amide bonds. The number of aliphatic hydroxyl groups excluding tert-OH is 5. The molecule has 0 aromatic heterocycles. The van der Waals surface area contributed by atoms with Gasteiger partial charge in [0.05, 0.1) is 25.4 Å². The summed E-state index contributed by atoms with van der Waals surface area (Å²) >= 11 is 0. The van der Waals surface area contributed by atoms with Crippen molar-refractivity contribution in [1.29, 1.82) is 0 Å². The molecule has 1 saturated heterocycles. The van der Waals surface area contributed by atoms with Crippen LogP contribution in [0.5, 0.6) is 0 Å². The number of carbonyl (C=O) groups excluding carboxylic acids is 1. The van der Waals surface area contributed by atoms with Crippen molar-refractivity contribution >= 4 is 16.3 Å². The van der Waals surface area contributed by atoms with Gasteiger partial charge in [-0.05, 0) is 44.9 Å². The molecule has 1 heterocycles. The third-order valence-corrected chi connectivity index (χ3v) is 11.7. The monoisotopic (exact) mass is 902 g/mol. The van der Waals surface area contributed by atoms with E-state index in [0.717, 1.165) is 32.1 Å². The zero-order chi connectivity index (χ0) is 45.7. The second-order valence-electron chi connectivity index (χ2n) is 16.8. The first-order valence-corrected chi connectivity index (χ1v) is 25.5. The maximum absolute atomic E-state index is 13.1.